The van der Waals surface area contributed by atoms with Crippen molar-refractivity contribution in [2.45, 2.75) is 200 Å². The molecule has 0 bridgehead atoms. The molecule has 0 radical (unpaired) electrons. The lowest BCUT2D eigenvalue weighted by Crippen LogP contribution is -2.38. The molecule has 0 spiro atoms. The summed E-state index contributed by atoms with van der Waals surface area (Å²) in [4.78, 5) is 0. The molecule has 0 aromatic heterocycles. The fourth-order valence-corrected chi connectivity index (χ4v) is 5.64. The Labute approximate surface area is 276 Å². The second-order valence-corrected chi connectivity index (χ2v) is 13.2. The van der Waals surface area contributed by atoms with Gasteiger partial charge in [0.2, 0.25) is 0 Å². The summed E-state index contributed by atoms with van der Waals surface area (Å²) in [5.41, 5.74) is 6.20. The lowest BCUT2D eigenvalue weighted by Gasteiger charge is -2.22. The molecule has 262 valence electrons. The molecule has 0 aliphatic heterocycles. The van der Waals surface area contributed by atoms with Crippen molar-refractivity contribution in [3.63, 3.8) is 0 Å². The lowest BCUT2D eigenvalue weighted by atomic mass is 10.1. The standard InChI is InChI=1S/C40H79NO3/c1-3-5-7-9-11-13-15-17-19-21-23-25-27-29-31-33-35-43-38-39(37-42)40(41)44-36-34-32-30-28-26-24-22-20-18-16-14-12-10-8-6-4-2/h17-20,39-40,42H,3-16,21-38,41H2,1-2H3/b19-17-,20-18-. The third-order valence-electron chi connectivity index (χ3n) is 8.80. The van der Waals surface area contributed by atoms with Crippen LogP contribution in [-0.4, -0.2) is 37.8 Å². The third kappa shape index (κ3) is 34.2. The van der Waals surface area contributed by atoms with E-state index in [1.54, 1.807) is 0 Å². The highest BCUT2D eigenvalue weighted by atomic mass is 16.5. The molecule has 0 aromatic carbocycles. The second-order valence-electron chi connectivity index (χ2n) is 13.2. The van der Waals surface area contributed by atoms with Crippen LogP contribution in [0.15, 0.2) is 24.3 Å². The Hall–Kier alpha value is -0.680. The molecule has 0 aromatic rings. The average molecular weight is 622 g/mol. The van der Waals surface area contributed by atoms with E-state index in [-0.39, 0.29) is 12.5 Å². The van der Waals surface area contributed by atoms with Gasteiger partial charge in [0.05, 0.1) is 13.2 Å². The van der Waals surface area contributed by atoms with Crippen molar-refractivity contribution >= 4 is 0 Å². The minimum absolute atomic E-state index is 0.0158. The molecule has 4 heteroatoms. The highest BCUT2D eigenvalue weighted by Crippen LogP contribution is 2.13. The zero-order valence-corrected chi connectivity index (χ0v) is 29.9. The summed E-state index contributed by atoms with van der Waals surface area (Å²) in [7, 11) is 0. The van der Waals surface area contributed by atoms with Gasteiger partial charge < -0.3 is 20.3 Å². The molecule has 0 aliphatic rings. The van der Waals surface area contributed by atoms with Crippen LogP contribution in [0.4, 0.5) is 0 Å². The zero-order valence-electron chi connectivity index (χ0n) is 29.9. The summed E-state index contributed by atoms with van der Waals surface area (Å²) in [6, 6.07) is 0. The monoisotopic (exact) mass is 622 g/mol. The molecule has 0 saturated heterocycles. The first-order chi connectivity index (χ1) is 21.8. The van der Waals surface area contributed by atoms with Crippen molar-refractivity contribution in [1.29, 1.82) is 0 Å². The average Bonchev–Trinajstić information content (AvgIpc) is 3.03. The van der Waals surface area contributed by atoms with Crippen molar-refractivity contribution in [3.8, 4) is 0 Å². The van der Waals surface area contributed by atoms with E-state index in [4.69, 9.17) is 15.2 Å². The van der Waals surface area contributed by atoms with Gasteiger partial charge in [-0.2, -0.15) is 0 Å². The lowest BCUT2D eigenvalue weighted by molar-refractivity contribution is -0.0393. The van der Waals surface area contributed by atoms with Gasteiger partial charge in [0, 0.05) is 19.1 Å². The summed E-state index contributed by atoms with van der Waals surface area (Å²) in [6.45, 7) is 6.48. The Morgan fingerprint density at radius 1 is 0.477 bits per heavy atom. The number of allylic oxidation sites excluding steroid dienone is 4. The molecule has 3 N–H and O–H groups in total. The molecule has 0 amide bonds. The number of hydrogen-bond acceptors (Lipinski definition) is 4. The molecule has 2 atom stereocenters. The van der Waals surface area contributed by atoms with E-state index in [2.05, 4.69) is 38.2 Å². The van der Waals surface area contributed by atoms with Crippen molar-refractivity contribution in [3.05, 3.63) is 24.3 Å². The molecular formula is C40H79NO3. The summed E-state index contributed by atoms with van der Waals surface area (Å²) in [6.07, 6.45) is 45.7. The first-order valence-corrected chi connectivity index (χ1v) is 19.6. The van der Waals surface area contributed by atoms with E-state index in [1.165, 1.54) is 167 Å². The maximum Gasteiger partial charge on any atom is 0.112 e. The number of aliphatic hydroxyl groups is 1. The minimum Gasteiger partial charge on any atom is -0.396 e. The van der Waals surface area contributed by atoms with Crippen LogP contribution in [0.2, 0.25) is 0 Å². The summed E-state index contributed by atoms with van der Waals surface area (Å²) in [5, 5.41) is 9.73. The van der Waals surface area contributed by atoms with Crippen LogP contribution in [0.3, 0.4) is 0 Å². The number of ether oxygens (including phenoxy) is 2. The molecule has 0 saturated carbocycles. The molecule has 0 rings (SSSR count). The first-order valence-electron chi connectivity index (χ1n) is 19.6. The van der Waals surface area contributed by atoms with Gasteiger partial charge in [0.1, 0.15) is 6.23 Å². The molecule has 0 aliphatic carbocycles. The Bertz CT molecular complexity index is 579. The van der Waals surface area contributed by atoms with E-state index >= 15 is 0 Å². The molecule has 0 fully saturated rings. The summed E-state index contributed by atoms with van der Waals surface area (Å²) in [5.74, 6) is -0.141. The van der Waals surface area contributed by atoms with Crippen LogP contribution in [0.5, 0.6) is 0 Å². The third-order valence-corrected chi connectivity index (χ3v) is 8.80. The van der Waals surface area contributed by atoms with E-state index in [0.717, 1.165) is 19.4 Å². The second kappa shape index (κ2) is 38.5. The van der Waals surface area contributed by atoms with Crippen molar-refractivity contribution in [1.82, 2.24) is 0 Å². The van der Waals surface area contributed by atoms with Crippen molar-refractivity contribution < 1.29 is 14.6 Å². The summed E-state index contributed by atoms with van der Waals surface area (Å²) < 4.78 is 11.7. The highest BCUT2D eigenvalue weighted by Gasteiger charge is 2.17. The summed E-state index contributed by atoms with van der Waals surface area (Å²) >= 11 is 0. The Morgan fingerprint density at radius 3 is 1.20 bits per heavy atom. The normalized spacial score (nSPS) is 13.5. The van der Waals surface area contributed by atoms with Gasteiger partial charge in [-0.15, -0.1) is 0 Å². The van der Waals surface area contributed by atoms with Crippen LogP contribution >= 0.6 is 0 Å². The number of unbranched alkanes of at least 4 members (excludes halogenated alkanes) is 24. The Morgan fingerprint density at radius 2 is 0.818 bits per heavy atom. The van der Waals surface area contributed by atoms with Gasteiger partial charge in [0.25, 0.3) is 0 Å². The predicted molar refractivity (Wildman–Crippen MR) is 194 cm³/mol. The SMILES string of the molecule is CCCCCCCC/C=C\CCCCCCCCOCC(CO)C(N)OCCCCCCCC/C=C\CCCCCCCC. The van der Waals surface area contributed by atoms with Crippen LogP contribution in [-0.2, 0) is 9.47 Å². The van der Waals surface area contributed by atoms with Gasteiger partial charge in [-0.3, -0.25) is 0 Å². The van der Waals surface area contributed by atoms with Gasteiger partial charge >= 0.3 is 0 Å². The minimum atomic E-state index is -0.442. The van der Waals surface area contributed by atoms with Gasteiger partial charge in [0.15, 0.2) is 0 Å². The maximum absolute atomic E-state index is 9.73. The Kier molecular flexibility index (Phi) is 37.9. The van der Waals surface area contributed by atoms with Gasteiger partial charge in [-0.05, 0) is 64.2 Å². The zero-order chi connectivity index (χ0) is 32.0. The fourth-order valence-electron chi connectivity index (χ4n) is 5.64. The van der Waals surface area contributed by atoms with Crippen LogP contribution in [0, 0.1) is 5.92 Å². The first kappa shape index (κ1) is 43.3. The van der Waals surface area contributed by atoms with E-state index < -0.39 is 6.23 Å². The topological polar surface area (TPSA) is 64.7 Å². The maximum atomic E-state index is 9.73. The van der Waals surface area contributed by atoms with Gasteiger partial charge in [-0.1, -0.05) is 154 Å². The van der Waals surface area contributed by atoms with Crippen molar-refractivity contribution in [2.24, 2.45) is 11.7 Å². The number of rotatable bonds is 37. The van der Waals surface area contributed by atoms with Crippen LogP contribution in [0.1, 0.15) is 194 Å². The molecular weight excluding hydrogens is 542 g/mol. The van der Waals surface area contributed by atoms with Crippen molar-refractivity contribution in [2.75, 3.05) is 26.4 Å². The van der Waals surface area contributed by atoms with Crippen LogP contribution < -0.4 is 5.73 Å². The highest BCUT2D eigenvalue weighted by molar-refractivity contribution is 4.82. The molecule has 4 nitrogen and oxygen atoms in total. The van der Waals surface area contributed by atoms with E-state index in [0.29, 0.717) is 13.2 Å². The predicted octanol–water partition coefficient (Wildman–Crippen LogP) is 12.0. The van der Waals surface area contributed by atoms with Gasteiger partial charge in [-0.25, -0.2) is 0 Å². The van der Waals surface area contributed by atoms with Crippen LogP contribution in [0.25, 0.3) is 0 Å². The number of aliphatic hydroxyl groups excluding tert-OH is 1. The molecule has 0 heterocycles. The quantitative estimate of drug-likeness (QED) is 0.0411. The Balaban J connectivity index is 3.44. The van der Waals surface area contributed by atoms with E-state index in [1.807, 2.05) is 0 Å². The fraction of sp³-hybridized carbons (Fsp3) is 0.900. The number of hydrogen-bond donors (Lipinski definition) is 2. The molecule has 44 heavy (non-hydrogen) atoms. The molecule has 2 unspecified atom stereocenters. The number of nitrogens with two attached hydrogens (primary N) is 1. The van der Waals surface area contributed by atoms with E-state index in [9.17, 15) is 5.11 Å². The smallest absolute Gasteiger partial charge is 0.112 e. The largest absolute Gasteiger partial charge is 0.396 e.